The molecule has 1 heterocycles. The van der Waals surface area contributed by atoms with Gasteiger partial charge in [-0.05, 0) is 33.8 Å². The minimum atomic E-state index is 0.175. The minimum absolute atomic E-state index is 0.175. The Labute approximate surface area is 78.3 Å². The molecule has 1 aromatic heterocycles. The topological polar surface area (TPSA) is 0 Å². The van der Waals surface area contributed by atoms with E-state index in [-0.39, 0.29) is 5.38 Å². The molecule has 56 valence electrons. The maximum Gasteiger partial charge on any atom is 0.0687 e. The van der Waals surface area contributed by atoms with Crippen LogP contribution in [0.2, 0.25) is 0 Å². The lowest BCUT2D eigenvalue weighted by molar-refractivity contribution is 0.898. The lowest BCUT2D eigenvalue weighted by Crippen LogP contribution is -1.82. The van der Waals surface area contributed by atoms with E-state index in [4.69, 9.17) is 11.6 Å². The Morgan fingerprint density at radius 1 is 1.80 bits per heavy atom. The summed E-state index contributed by atoms with van der Waals surface area (Å²) in [5.74, 6) is 0. The second kappa shape index (κ2) is 3.74. The average molecular weight is 240 g/mol. The Balaban J connectivity index is 2.82. The summed E-state index contributed by atoms with van der Waals surface area (Å²) in [6.45, 7) is 2.09. The van der Waals surface area contributed by atoms with Gasteiger partial charge in [0.2, 0.25) is 0 Å². The van der Waals surface area contributed by atoms with Gasteiger partial charge in [0.05, 0.1) is 5.38 Å². The molecular formula is C7H8BrClS. The molecule has 0 fully saturated rings. The van der Waals surface area contributed by atoms with E-state index in [9.17, 15) is 0 Å². The number of hydrogen-bond donors (Lipinski definition) is 0. The molecule has 0 bridgehead atoms. The monoisotopic (exact) mass is 238 g/mol. The predicted octanol–water partition coefficient (Wildman–Crippen LogP) is 4.20. The highest BCUT2D eigenvalue weighted by molar-refractivity contribution is 9.10. The fourth-order valence-electron chi connectivity index (χ4n) is 0.714. The van der Waals surface area contributed by atoms with Crippen molar-refractivity contribution >= 4 is 38.9 Å². The summed E-state index contributed by atoms with van der Waals surface area (Å²) in [7, 11) is 0. The SMILES string of the molecule is CCC(Cl)c1sccc1Br. The summed E-state index contributed by atoms with van der Waals surface area (Å²) in [5.41, 5.74) is 0. The molecule has 0 aliphatic rings. The summed E-state index contributed by atoms with van der Waals surface area (Å²) >= 11 is 11.2. The molecule has 0 aromatic carbocycles. The second-order valence-corrected chi connectivity index (χ2v) is 4.34. The lowest BCUT2D eigenvalue weighted by Gasteiger charge is -2.02. The summed E-state index contributed by atoms with van der Waals surface area (Å²) in [4.78, 5) is 1.24. The number of halogens is 2. The Kier molecular flexibility index (Phi) is 3.21. The average Bonchev–Trinajstić information content (AvgIpc) is 2.34. The molecule has 0 aliphatic heterocycles. The molecule has 1 unspecified atom stereocenters. The predicted molar refractivity (Wildman–Crippen MR) is 50.9 cm³/mol. The van der Waals surface area contributed by atoms with E-state index >= 15 is 0 Å². The van der Waals surface area contributed by atoms with E-state index in [2.05, 4.69) is 22.9 Å². The Morgan fingerprint density at radius 2 is 2.50 bits per heavy atom. The summed E-state index contributed by atoms with van der Waals surface area (Å²) < 4.78 is 1.14. The Hall–Kier alpha value is 0.470. The molecule has 0 amide bonds. The molecule has 10 heavy (non-hydrogen) atoms. The van der Waals surface area contributed by atoms with Gasteiger partial charge in [-0.2, -0.15) is 0 Å². The van der Waals surface area contributed by atoms with Crippen molar-refractivity contribution in [1.82, 2.24) is 0 Å². The van der Waals surface area contributed by atoms with Crippen molar-refractivity contribution in [3.63, 3.8) is 0 Å². The molecule has 0 saturated heterocycles. The molecule has 3 heteroatoms. The fourth-order valence-corrected chi connectivity index (χ4v) is 2.83. The van der Waals surface area contributed by atoms with Gasteiger partial charge in [-0.25, -0.2) is 0 Å². The maximum absolute atomic E-state index is 6.02. The third kappa shape index (κ3) is 1.74. The van der Waals surface area contributed by atoms with Crippen molar-refractivity contribution in [2.45, 2.75) is 18.7 Å². The van der Waals surface area contributed by atoms with Crippen molar-refractivity contribution < 1.29 is 0 Å². The molecule has 0 radical (unpaired) electrons. The summed E-state index contributed by atoms with van der Waals surface area (Å²) in [6, 6.07) is 2.03. The summed E-state index contributed by atoms with van der Waals surface area (Å²) in [5, 5.41) is 2.22. The van der Waals surface area contributed by atoms with Gasteiger partial charge < -0.3 is 0 Å². The highest BCUT2D eigenvalue weighted by Gasteiger charge is 2.09. The number of hydrogen-bond acceptors (Lipinski definition) is 1. The van der Waals surface area contributed by atoms with Crippen LogP contribution in [0.25, 0.3) is 0 Å². The Morgan fingerprint density at radius 3 is 2.90 bits per heavy atom. The van der Waals surface area contributed by atoms with Crippen LogP contribution in [0.1, 0.15) is 23.6 Å². The number of thiophene rings is 1. The first kappa shape index (κ1) is 8.57. The molecule has 0 nitrogen and oxygen atoms in total. The minimum Gasteiger partial charge on any atom is -0.146 e. The van der Waals surface area contributed by atoms with Gasteiger partial charge >= 0.3 is 0 Å². The van der Waals surface area contributed by atoms with Gasteiger partial charge in [0.25, 0.3) is 0 Å². The third-order valence-corrected chi connectivity index (χ3v) is 3.93. The quantitative estimate of drug-likeness (QED) is 0.679. The van der Waals surface area contributed by atoms with Crippen LogP contribution in [-0.2, 0) is 0 Å². The molecule has 0 N–H and O–H groups in total. The van der Waals surface area contributed by atoms with Crippen LogP contribution in [0.3, 0.4) is 0 Å². The first-order chi connectivity index (χ1) is 4.75. The molecular weight excluding hydrogens is 232 g/mol. The van der Waals surface area contributed by atoms with Crippen LogP contribution in [0, 0.1) is 0 Å². The van der Waals surface area contributed by atoms with Gasteiger partial charge in [-0.3, -0.25) is 0 Å². The van der Waals surface area contributed by atoms with Gasteiger partial charge in [0.15, 0.2) is 0 Å². The van der Waals surface area contributed by atoms with Crippen LogP contribution < -0.4 is 0 Å². The van der Waals surface area contributed by atoms with Crippen LogP contribution in [0.4, 0.5) is 0 Å². The smallest absolute Gasteiger partial charge is 0.0687 e. The fraction of sp³-hybridized carbons (Fsp3) is 0.429. The van der Waals surface area contributed by atoms with E-state index in [0.717, 1.165) is 10.9 Å². The van der Waals surface area contributed by atoms with Gasteiger partial charge in [0.1, 0.15) is 0 Å². The standard InChI is InChI=1S/C7H8BrClS/c1-2-6(9)7-5(8)3-4-10-7/h3-4,6H,2H2,1H3. The number of rotatable bonds is 2. The van der Waals surface area contributed by atoms with E-state index in [0.29, 0.717) is 0 Å². The highest BCUT2D eigenvalue weighted by Crippen LogP contribution is 2.34. The molecule has 0 aliphatic carbocycles. The van der Waals surface area contributed by atoms with Crippen LogP contribution >= 0.6 is 38.9 Å². The van der Waals surface area contributed by atoms with Crippen molar-refractivity contribution in [3.8, 4) is 0 Å². The first-order valence-corrected chi connectivity index (χ1v) is 5.23. The van der Waals surface area contributed by atoms with Crippen molar-refractivity contribution in [1.29, 1.82) is 0 Å². The lowest BCUT2D eigenvalue weighted by atomic mass is 10.3. The largest absolute Gasteiger partial charge is 0.146 e. The summed E-state index contributed by atoms with van der Waals surface area (Å²) in [6.07, 6.45) is 0.987. The van der Waals surface area contributed by atoms with Gasteiger partial charge in [0, 0.05) is 9.35 Å². The second-order valence-electron chi connectivity index (χ2n) is 2.01. The normalized spacial score (nSPS) is 13.5. The molecule has 1 rings (SSSR count). The van der Waals surface area contributed by atoms with Crippen molar-refractivity contribution in [3.05, 3.63) is 20.8 Å². The molecule has 0 saturated carbocycles. The van der Waals surface area contributed by atoms with Gasteiger partial charge in [-0.15, -0.1) is 22.9 Å². The van der Waals surface area contributed by atoms with E-state index in [1.165, 1.54) is 4.88 Å². The number of alkyl halides is 1. The third-order valence-electron chi connectivity index (χ3n) is 1.29. The zero-order chi connectivity index (χ0) is 7.56. The van der Waals surface area contributed by atoms with Crippen molar-refractivity contribution in [2.75, 3.05) is 0 Å². The van der Waals surface area contributed by atoms with E-state index in [1.807, 2.05) is 11.4 Å². The molecule has 1 atom stereocenters. The maximum atomic E-state index is 6.02. The van der Waals surface area contributed by atoms with E-state index < -0.39 is 0 Å². The zero-order valence-corrected chi connectivity index (χ0v) is 8.76. The van der Waals surface area contributed by atoms with Crippen LogP contribution in [0.15, 0.2) is 15.9 Å². The Bertz CT molecular complexity index is 209. The highest BCUT2D eigenvalue weighted by atomic mass is 79.9. The van der Waals surface area contributed by atoms with E-state index in [1.54, 1.807) is 11.3 Å². The first-order valence-electron chi connectivity index (χ1n) is 3.12. The van der Waals surface area contributed by atoms with Crippen LogP contribution in [-0.4, -0.2) is 0 Å². The molecule has 1 aromatic rings. The molecule has 0 spiro atoms. The van der Waals surface area contributed by atoms with Crippen molar-refractivity contribution in [2.24, 2.45) is 0 Å². The van der Waals surface area contributed by atoms with Crippen LogP contribution in [0.5, 0.6) is 0 Å². The van der Waals surface area contributed by atoms with Gasteiger partial charge in [-0.1, -0.05) is 6.92 Å². The zero-order valence-electron chi connectivity index (χ0n) is 5.60.